The fourth-order valence-corrected chi connectivity index (χ4v) is 3.04. The second-order valence-electron chi connectivity index (χ2n) is 4.92. The van der Waals surface area contributed by atoms with E-state index in [-0.39, 0.29) is 16.9 Å². The fraction of sp³-hybridized carbons (Fsp3) is 0.467. The zero-order valence-corrected chi connectivity index (χ0v) is 12.9. The number of benzene rings is 1. The number of halogens is 1. The van der Waals surface area contributed by atoms with E-state index in [1.165, 1.54) is 30.8 Å². The topological polar surface area (TPSA) is 46.6 Å². The summed E-state index contributed by atoms with van der Waals surface area (Å²) in [5.41, 5.74) is 0.596. The van der Waals surface area contributed by atoms with Gasteiger partial charge in [0.1, 0.15) is 11.6 Å². The predicted molar refractivity (Wildman–Crippen MR) is 81.2 cm³/mol. The van der Waals surface area contributed by atoms with Crippen LogP contribution in [0, 0.1) is 11.7 Å². The number of thioether (sulfide) groups is 1. The third-order valence-electron chi connectivity index (χ3n) is 3.24. The Labute approximate surface area is 127 Å². The van der Waals surface area contributed by atoms with E-state index >= 15 is 0 Å². The number of rotatable bonds is 5. The lowest BCUT2D eigenvalue weighted by molar-refractivity contribution is -0.117. The maximum atomic E-state index is 13.3. The second kappa shape index (κ2) is 6.93. The number of carbonyl (C=O) groups is 2. The number of nitrogens with zero attached hydrogens (tertiary/aromatic N) is 1. The van der Waals surface area contributed by atoms with E-state index in [9.17, 15) is 14.0 Å². The zero-order valence-electron chi connectivity index (χ0n) is 12.1. The van der Waals surface area contributed by atoms with Crippen molar-refractivity contribution in [2.75, 3.05) is 23.8 Å². The monoisotopic (exact) mass is 311 g/mol. The van der Waals surface area contributed by atoms with Crippen molar-refractivity contribution in [2.45, 2.75) is 20.3 Å². The molecule has 0 spiro atoms. The summed E-state index contributed by atoms with van der Waals surface area (Å²) in [5.74, 6) is 0.730. The first-order chi connectivity index (χ1) is 10.0. The van der Waals surface area contributed by atoms with Crippen molar-refractivity contribution in [3.05, 3.63) is 24.0 Å². The third-order valence-corrected chi connectivity index (χ3v) is 4.28. The highest BCUT2D eigenvalue weighted by molar-refractivity contribution is 8.13. The Morgan fingerprint density at radius 1 is 1.52 bits per heavy atom. The molecular weight excluding hydrogens is 293 g/mol. The van der Waals surface area contributed by atoms with Crippen LogP contribution in [0.3, 0.4) is 0 Å². The van der Waals surface area contributed by atoms with Gasteiger partial charge in [0.25, 0.3) is 0 Å². The smallest absolute Gasteiger partial charge is 0.227 e. The van der Waals surface area contributed by atoms with Crippen molar-refractivity contribution >= 4 is 28.5 Å². The summed E-state index contributed by atoms with van der Waals surface area (Å²) in [6, 6.07) is 4.19. The molecule has 4 nitrogen and oxygen atoms in total. The highest BCUT2D eigenvalue weighted by atomic mass is 32.2. The fourth-order valence-electron chi connectivity index (χ4n) is 2.34. The van der Waals surface area contributed by atoms with Gasteiger partial charge in [-0.15, -0.1) is 0 Å². The summed E-state index contributed by atoms with van der Waals surface area (Å²) >= 11 is 1.24. The Kier molecular flexibility index (Phi) is 5.22. The van der Waals surface area contributed by atoms with E-state index in [1.54, 1.807) is 11.0 Å². The quantitative estimate of drug-likeness (QED) is 0.839. The molecule has 1 atom stereocenters. The van der Waals surface area contributed by atoms with E-state index in [0.717, 1.165) is 0 Å². The van der Waals surface area contributed by atoms with Crippen molar-refractivity contribution < 1.29 is 18.7 Å². The van der Waals surface area contributed by atoms with E-state index in [1.807, 2.05) is 6.92 Å². The van der Waals surface area contributed by atoms with Gasteiger partial charge in [0.2, 0.25) is 5.91 Å². The molecule has 1 saturated heterocycles. The standard InChI is InChI=1S/C15H18FNO3S/c1-3-20-14-7-12(16)4-5-13(14)17-8-11(6-15(17)19)9-21-10(2)18/h4-5,7,11H,3,6,8-9H2,1-2H3. The molecule has 1 fully saturated rings. The van der Waals surface area contributed by atoms with Crippen molar-refractivity contribution in [2.24, 2.45) is 5.92 Å². The van der Waals surface area contributed by atoms with Gasteiger partial charge in [-0.2, -0.15) is 0 Å². The van der Waals surface area contributed by atoms with Gasteiger partial charge < -0.3 is 9.64 Å². The normalized spacial score (nSPS) is 18.1. The van der Waals surface area contributed by atoms with Crippen LogP contribution in [0.25, 0.3) is 0 Å². The van der Waals surface area contributed by atoms with Gasteiger partial charge in [-0.05, 0) is 25.0 Å². The number of ether oxygens (including phenoxy) is 1. The summed E-state index contributed by atoms with van der Waals surface area (Å²) in [6.07, 6.45) is 0.406. The molecule has 2 rings (SSSR count). The molecule has 0 aliphatic carbocycles. The van der Waals surface area contributed by atoms with Crippen LogP contribution < -0.4 is 9.64 Å². The van der Waals surface area contributed by atoms with Gasteiger partial charge in [0, 0.05) is 31.7 Å². The molecule has 6 heteroatoms. The number of hydrogen-bond donors (Lipinski definition) is 0. The maximum Gasteiger partial charge on any atom is 0.227 e. The molecule has 1 aliphatic rings. The molecule has 1 unspecified atom stereocenters. The minimum Gasteiger partial charge on any atom is -0.492 e. The van der Waals surface area contributed by atoms with Gasteiger partial charge in [-0.3, -0.25) is 9.59 Å². The lowest BCUT2D eigenvalue weighted by Gasteiger charge is -2.20. The molecule has 0 bridgehead atoms. The Morgan fingerprint density at radius 3 is 2.95 bits per heavy atom. The number of hydrogen-bond acceptors (Lipinski definition) is 4. The zero-order chi connectivity index (χ0) is 15.4. The largest absolute Gasteiger partial charge is 0.492 e. The highest BCUT2D eigenvalue weighted by Gasteiger charge is 2.32. The minimum atomic E-state index is -0.391. The average Bonchev–Trinajstić information content (AvgIpc) is 2.78. The molecule has 1 aromatic rings. The van der Waals surface area contributed by atoms with Crippen LogP contribution >= 0.6 is 11.8 Å². The number of anilines is 1. The molecule has 1 aliphatic heterocycles. The lowest BCUT2D eigenvalue weighted by atomic mass is 10.1. The van der Waals surface area contributed by atoms with Crippen LogP contribution in [0.5, 0.6) is 5.75 Å². The molecule has 0 aromatic heterocycles. The third kappa shape index (κ3) is 3.97. The van der Waals surface area contributed by atoms with Crippen LogP contribution in [0.1, 0.15) is 20.3 Å². The SMILES string of the molecule is CCOc1cc(F)ccc1N1CC(CSC(C)=O)CC1=O. The van der Waals surface area contributed by atoms with Crippen molar-refractivity contribution in [1.29, 1.82) is 0 Å². The predicted octanol–water partition coefficient (Wildman–Crippen LogP) is 2.86. The molecule has 1 aromatic carbocycles. The van der Waals surface area contributed by atoms with Crippen molar-refractivity contribution in [3.63, 3.8) is 0 Å². The molecule has 1 heterocycles. The first-order valence-electron chi connectivity index (χ1n) is 6.87. The van der Waals surface area contributed by atoms with Crippen LogP contribution in [-0.4, -0.2) is 29.9 Å². The number of amides is 1. The Hall–Kier alpha value is -1.56. The molecule has 0 saturated carbocycles. The first kappa shape index (κ1) is 15.8. The summed E-state index contributed by atoms with van der Waals surface area (Å²) in [7, 11) is 0. The highest BCUT2D eigenvalue weighted by Crippen LogP contribution is 2.34. The van der Waals surface area contributed by atoms with Gasteiger partial charge in [-0.1, -0.05) is 11.8 Å². The molecule has 21 heavy (non-hydrogen) atoms. The van der Waals surface area contributed by atoms with Crippen molar-refractivity contribution in [3.8, 4) is 5.75 Å². The number of carbonyl (C=O) groups excluding carboxylic acids is 2. The second-order valence-corrected chi connectivity index (χ2v) is 6.12. The summed E-state index contributed by atoms with van der Waals surface area (Å²) in [6.45, 7) is 4.27. The molecular formula is C15H18FNO3S. The van der Waals surface area contributed by atoms with E-state index in [0.29, 0.717) is 36.8 Å². The van der Waals surface area contributed by atoms with Crippen LogP contribution in [0.15, 0.2) is 18.2 Å². The van der Waals surface area contributed by atoms with Gasteiger partial charge in [0.15, 0.2) is 5.12 Å². The maximum absolute atomic E-state index is 13.3. The van der Waals surface area contributed by atoms with E-state index in [4.69, 9.17) is 4.74 Å². The van der Waals surface area contributed by atoms with Gasteiger partial charge in [-0.25, -0.2) is 4.39 Å². The summed E-state index contributed by atoms with van der Waals surface area (Å²) < 4.78 is 18.7. The summed E-state index contributed by atoms with van der Waals surface area (Å²) in [5, 5.41) is 0.0534. The Morgan fingerprint density at radius 2 is 2.29 bits per heavy atom. The Balaban J connectivity index is 2.14. The molecule has 0 radical (unpaired) electrons. The van der Waals surface area contributed by atoms with Gasteiger partial charge in [0.05, 0.1) is 12.3 Å². The molecule has 1 amide bonds. The Bertz CT molecular complexity index is 550. The average molecular weight is 311 g/mol. The van der Waals surface area contributed by atoms with Crippen LogP contribution in [0.2, 0.25) is 0 Å². The van der Waals surface area contributed by atoms with E-state index < -0.39 is 5.82 Å². The van der Waals surface area contributed by atoms with E-state index in [2.05, 4.69) is 0 Å². The first-order valence-corrected chi connectivity index (χ1v) is 7.86. The summed E-state index contributed by atoms with van der Waals surface area (Å²) in [4.78, 5) is 24.8. The minimum absolute atomic E-state index is 0.0169. The van der Waals surface area contributed by atoms with Crippen molar-refractivity contribution in [1.82, 2.24) is 0 Å². The van der Waals surface area contributed by atoms with Crippen LogP contribution in [0.4, 0.5) is 10.1 Å². The van der Waals surface area contributed by atoms with Gasteiger partial charge >= 0.3 is 0 Å². The van der Waals surface area contributed by atoms with Crippen LogP contribution in [-0.2, 0) is 9.59 Å². The lowest BCUT2D eigenvalue weighted by Crippen LogP contribution is -2.25. The molecule has 114 valence electrons. The molecule has 0 N–H and O–H groups in total.